The van der Waals surface area contributed by atoms with E-state index >= 15 is 0 Å². The van der Waals surface area contributed by atoms with Crippen molar-refractivity contribution in [2.24, 2.45) is 5.73 Å². The lowest BCUT2D eigenvalue weighted by atomic mass is 10.2. The number of nitrogens with one attached hydrogen (secondary N) is 1. The molecule has 2 aromatic carbocycles. The number of amides is 1. The molecule has 4 aromatic rings. The van der Waals surface area contributed by atoms with E-state index < -0.39 is 5.91 Å². The van der Waals surface area contributed by atoms with Crippen LogP contribution in [0.3, 0.4) is 0 Å². The fourth-order valence-electron chi connectivity index (χ4n) is 3.29. The second-order valence-electron chi connectivity index (χ2n) is 6.99. The molecule has 146 valence electrons. The van der Waals surface area contributed by atoms with E-state index in [0.29, 0.717) is 12.1 Å². The molecule has 0 aliphatic carbocycles. The van der Waals surface area contributed by atoms with Crippen LogP contribution in [0.25, 0.3) is 11.4 Å². The predicted molar refractivity (Wildman–Crippen MR) is 119 cm³/mol. The molecule has 0 atom stereocenters. The first-order chi connectivity index (χ1) is 14.0. The normalized spacial score (nSPS) is 10.8. The Morgan fingerprint density at radius 1 is 1.10 bits per heavy atom. The maximum Gasteiger partial charge on any atom is 0.250 e. The van der Waals surface area contributed by atoms with E-state index in [4.69, 9.17) is 10.7 Å². The van der Waals surface area contributed by atoms with Crippen molar-refractivity contribution in [1.29, 1.82) is 0 Å². The van der Waals surface area contributed by atoms with Crippen molar-refractivity contribution in [3.8, 4) is 11.4 Å². The van der Waals surface area contributed by atoms with E-state index in [1.807, 2.05) is 48.7 Å². The number of nitrogens with zero attached hydrogens (tertiary/aromatic N) is 2. The van der Waals surface area contributed by atoms with Crippen molar-refractivity contribution in [2.45, 2.75) is 20.4 Å². The number of aryl methyl sites for hydroxylation is 1. The molecule has 1 amide bonds. The highest BCUT2D eigenvalue weighted by molar-refractivity contribution is 7.14. The fourth-order valence-corrected chi connectivity index (χ4v) is 4.01. The first-order valence-electron chi connectivity index (χ1n) is 9.34. The summed E-state index contributed by atoms with van der Waals surface area (Å²) in [5.74, 6) is -0.427. The molecule has 2 aromatic heterocycles. The zero-order valence-electron chi connectivity index (χ0n) is 16.3. The molecule has 0 aliphatic rings. The number of aromatic nitrogens is 2. The van der Waals surface area contributed by atoms with Crippen LogP contribution in [-0.4, -0.2) is 15.5 Å². The van der Waals surface area contributed by atoms with Crippen molar-refractivity contribution in [2.75, 3.05) is 5.32 Å². The maximum absolute atomic E-state index is 11.9. The van der Waals surface area contributed by atoms with Crippen LogP contribution >= 0.6 is 11.3 Å². The van der Waals surface area contributed by atoms with Gasteiger partial charge in [-0.3, -0.25) is 4.79 Å². The average molecular weight is 403 g/mol. The largest absolute Gasteiger partial charge is 0.366 e. The van der Waals surface area contributed by atoms with E-state index in [9.17, 15) is 4.79 Å². The topological polar surface area (TPSA) is 72.9 Å². The molecule has 0 radical (unpaired) electrons. The Balaban J connectivity index is 1.68. The minimum absolute atomic E-state index is 0.427. The lowest BCUT2D eigenvalue weighted by Crippen LogP contribution is -2.12. The number of thiazole rings is 1. The van der Waals surface area contributed by atoms with Crippen LogP contribution in [0, 0.1) is 13.8 Å². The van der Waals surface area contributed by atoms with Gasteiger partial charge in [0.2, 0.25) is 0 Å². The average Bonchev–Trinajstić information content (AvgIpc) is 3.29. The Morgan fingerprint density at radius 2 is 1.83 bits per heavy atom. The summed E-state index contributed by atoms with van der Waals surface area (Å²) < 4.78 is 2.10. The number of anilines is 2. The molecular weight excluding hydrogens is 380 g/mol. The lowest BCUT2D eigenvalue weighted by molar-refractivity contribution is 0.0999. The highest BCUT2D eigenvalue weighted by Crippen LogP contribution is 2.31. The van der Waals surface area contributed by atoms with Crippen LogP contribution in [0.1, 0.15) is 27.2 Å². The van der Waals surface area contributed by atoms with Crippen LogP contribution in [0.5, 0.6) is 0 Å². The lowest BCUT2D eigenvalue weighted by Gasteiger charge is -2.11. The molecule has 3 N–H and O–H groups in total. The van der Waals surface area contributed by atoms with Crippen molar-refractivity contribution in [3.63, 3.8) is 0 Å². The summed E-state index contributed by atoms with van der Waals surface area (Å²) in [5, 5.41) is 6.14. The third-order valence-corrected chi connectivity index (χ3v) is 5.64. The van der Waals surface area contributed by atoms with Gasteiger partial charge in [-0.1, -0.05) is 48.0 Å². The minimum Gasteiger partial charge on any atom is -0.366 e. The van der Waals surface area contributed by atoms with Crippen molar-refractivity contribution in [1.82, 2.24) is 9.55 Å². The molecule has 0 bridgehead atoms. The highest BCUT2D eigenvalue weighted by Gasteiger charge is 2.19. The SMILES string of the molecule is Cc1ccc(Nc2nc(-c3cc(C(N)=O)c(C)n3Cc3ccccc3)cs2)cc1. The molecule has 4 rings (SSSR count). The minimum atomic E-state index is -0.427. The van der Waals surface area contributed by atoms with E-state index in [0.717, 1.165) is 33.5 Å². The van der Waals surface area contributed by atoms with Crippen LogP contribution in [0.4, 0.5) is 10.8 Å². The molecule has 5 nitrogen and oxygen atoms in total. The van der Waals surface area contributed by atoms with E-state index in [-0.39, 0.29) is 0 Å². The van der Waals surface area contributed by atoms with Crippen LogP contribution in [0.15, 0.2) is 66.0 Å². The van der Waals surface area contributed by atoms with Crippen molar-refractivity contribution >= 4 is 28.1 Å². The standard InChI is InChI=1S/C23H22N4OS/c1-15-8-10-18(11-9-15)25-23-26-20(14-29-23)21-12-19(22(24)28)16(2)27(21)13-17-6-4-3-5-7-17/h3-12,14H,13H2,1-2H3,(H2,24,28)(H,25,26). The summed E-state index contributed by atoms with van der Waals surface area (Å²) >= 11 is 1.53. The Labute approximate surface area is 173 Å². The van der Waals surface area contributed by atoms with Crippen molar-refractivity contribution < 1.29 is 4.79 Å². The molecule has 0 unspecified atom stereocenters. The molecule has 0 fully saturated rings. The highest BCUT2D eigenvalue weighted by atomic mass is 32.1. The van der Waals surface area contributed by atoms with Crippen LogP contribution < -0.4 is 11.1 Å². The number of hydrogen-bond acceptors (Lipinski definition) is 4. The Morgan fingerprint density at radius 3 is 2.52 bits per heavy atom. The van der Waals surface area contributed by atoms with Gasteiger partial charge in [0.15, 0.2) is 5.13 Å². The predicted octanol–water partition coefficient (Wildman–Crippen LogP) is 5.12. The maximum atomic E-state index is 11.9. The summed E-state index contributed by atoms with van der Waals surface area (Å²) in [6, 6.07) is 20.2. The van der Waals surface area contributed by atoms with E-state index in [1.54, 1.807) is 0 Å². The van der Waals surface area contributed by atoms with Gasteiger partial charge in [0.05, 0.1) is 17.0 Å². The van der Waals surface area contributed by atoms with E-state index in [1.165, 1.54) is 16.9 Å². The molecular formula is C23H22N4OS. The molecule has 0 saturated heterocycles. The van der Waals surface area contributed by atoms with Gasteiger partial charge in [-0.2, -0.15) is 0 Å². The summed E-state index contributed by atoms with van der Waals surface area (Å²) in [4.78, 5) is 16.7. The molecule has 29 heavy (non-hydrogen) atoms. The Kier molecular flexibility index (Phi) is 5.18. The number of primary amides is 1. The first kappa shape index (κ1) is 19.0. The zero-order valence-corrected chi connectivity index (χ0v) is 17.2. The smallest absolute Gasteiger partial charge is 0.250 e. The number of nitrogens with two attached hydrogens (primary N) is 1. The van der Waals surface area contributed by atoms with Gasteiger partial charge >= 0.3 is 0 Å². The van der Waals surface area contributed by atoms with E-state index in [2.05, 4.69) is 41.1 Å². The van der Waals surface area contributed by atoms with Gasteiger partial charge in [0.1, 0.15) is 0 Å². The van der Waals surface area contributed by atoms with Gasteiger partial charge in [-0.25, -0.2) is 4.98 Å². The Bertz CT molecular complexity index is 1140. The zero-order chi connectivity index (χ0) is 20.4. The van der Waals surface area contributed by atoms with Gasteiger partial charge < -0.3 is 15.6 Å². The van der Waals surface area contributed by atoms with Crippen molar-refractivity contribution in [3.05, 3.63) is 88.4 Å². The number of carbonyl (C=O) groups excluding carboxylic acids is 1. The third-order valence-electron chi connectivity index (χ3n) is 4.88. The number of rotatable bonds is 6. The van der Waals surface area contributed by atoms with Gasteiger partial charge in [-0.05, 0) is 37.6 Å². The number of benzene rings is 2. The summed E-state index contributed by atoms with van der Waals surface area (Å²) in [7, 11) is 0. The second kappa shape index (κ2) is 7.93. The summed E-state index contributed by atoms with van der Waals surface area (Å²) in [6.45, 7) is 4.63. The Hall–Kier alpha value is -3.38. The quantitative estimate of drug-likeness (QED) is 0.470. The fraction of sp³-hybridized carbons (Fsp3) is 0.130. The van der Waals surface area contributed by atoms with Gasteiger partial charge in [0, 0.05) is 23.3 Å². The third kappa shape index (κ3) is 4.07. The number of carbonyl (C=O) groups is 1. The van der Waals surface area contributed by atoms with Gasteiger partial charge in [0.25, 0.3) is 5.91 Å². The summed E-state index contributed by atoms with van der Waals surface area (Å²) in [6.07, 6.45) is 0. The molecule has 6 heteroatoms. The molecule has 0 aliphatic heterocycles. The first-order valence-corrected chi connectivity index (χ1v) is 10.2. The number of hydrogen-bond donors (Lipinski definition) is 2. The monoisotopic (exact) mass is 402 g/mol. The molecule has 2 heterocycles. The summed E-state index contributed by atoms with van der Waals surface area (Å²) in [5.41, 5.74) is 12.0. The molecule has 0 spiro atoms. The second-order valence-corrected chi connectivity index (χ2v) is 7.85. The van der Waals surface area contributed by atoms with Crippen LogP contribution in [0.2, 0.25) is 0 Å². The van der Waals surface area contributed by atoms with Gasteiger partial charge in [-0.15, -0.1) is 11.3 Å². The molecule has 0 saturated carbocycles. The van der Waals surface area contributed by atoms with Crippen LogP contribution in [-0.2, 0) is 6.54 Å².